The van der Waals surface area contributed by atoms with Gasteiger partial charge in [0.1, 0.15) is 13.2 Å². The van der Waals surface area contributed by atoms with Crippen molar-refractivity contribution in [2.45, 2.75) is 13.0 Å². The summed E-state index contributed by atoms with van der Waals surface area (Å²) in [7, 11) is 1.56. The molecule has 1 amide bonds. The second-order valence-electron chi connectivity index (χ2n) is 5.26. The molecule has 1 aromatic carbocycles. The van der Waals surface area contributed by atoms with E-state index in [1.807, 2.05) is 6.07 Å². The molecule has 126 valence electrons. The number of carbonyl (C=O) groups is 1. The Morgan fingerprint density at radius 1 is 1.29 bits per heavy atom. The highest BCUT2D eigenvalue weighted by atomic mass is 35.5. The summed E-state index contributed by atoms with van der Waals surface area (Å²) >= 11 is 6.18. The van der Waals surface area contributed by atoms with Crippen LogP contribution in [0.1, 0.15) is 11.1 Å². The first-order valence-electron chi connectivity index (χ1n) is 7.49. The number of rotatable bonds is 5. The number of ether oxygens (including phenoxy) is 3. The SMILES string of the molecule is COc1ccc(CNC(=O)Cc2cc(Cl)c3c(c2)OCCO3)cn1. The molecule has 0 saturated heterocycles. The number of amides is 1. The first kappa shape index (κ1) is 16.4. The first-order valence-corrected chi connectivity index (χ1v) is 7.87. The molecular weight excluding hydrogens is 332 g/mol. The Morgan fingerprint density at radius 2 is 2.12 bits per heavy atom. The number of nitrogens with zero attached hydrogens (tertiary/aromatic N) is 1. The van der Waals surface area contributed by atoms with E-state index in [0.29, 0.717) is 42.2 Å². The van der Waals surface area contributed by atoms with E-state index in [0.717, 1.165) is 11.1 Å². The minimum atomic E-state index is -0.112. The van der Waals surface area contributed by atoms with E-state index in [-0.39, 0.29) is 12.3 Å². The average Bonchev–Trinajstić information content (AvgIpc) is 2.60. The van der Waals surface area contributed by atoms with Crippen LogP contribution >= 0.6 is 11.6 Å². The molecule has 1 aliphatic rings. The van der Waals surface area contributed by atoms with Crippen LogP contribution in [0.3, 0.4) is 0 Å². The lowest BCUT2D eigenvalue weighted by molar-refractivity contribution is -0.120. The second-order valence-corrected chi connectivity index (χ2v) is 5.67. The fourth-order valence-corrected chi connectivity index (χ4v) is 2.64. The van der Waals surface area contributed by atoms with E-state index in [1.165, 1.54) is 0 Å². The van der Waals surface area contributed by atoms with Gasteiger partial charge in [-0.05, 0) is 23.3 Å². The second kappa shape index (κ2) is 7.40. The maximum atomic E-state index is 12.1. The van der Waals surface area contributed by atoms with Crippen molar-refractivity contribution < 1.29 is 19.0 Å². The molecule has 6 nitrogen and oxygen atoms in total. The Morgan fingerprint density at radius 3 is 2.88 bits per heavy atom. The minimum absolute atomic E-state index is 0.112. The van der Waals surface area contributed by atoms with Crippen molar-refractivity contribution in [3.63, 3.8) is 0 Å². The van der Waals surface area contributed by atoms with E-state index < -0.39 is 0 Å². The topological polar surface area (TPSA) is 69.7 Å². The van der Waals surface area contributed by atoms with Gasteiger partial charge in [-0.15, -0.1) is 0 Å². The van der Waals surface area contributed by atoms with Gasteiger partial charge in [0.25, 0.3) is 0 Å². The summed E-state index contributed by atoms with van der Waals surface area (Å²) in [6.07, 6.45) is 1.87. The summed E-state index contributed by atoms with van der Waals surface area (Å²) in [6, 6.07) is 7.12. The molecule has 1 aromatic heterocycles. The molecule has 0 atom stereocenters. The number of halogens is 1. The summed E-state index contributed by atoms with van der Waals surface area (Å²) in [6.45, 7) is 1.35. The van der Waals surface area contributed by atoms with Crippen molar-refractivity contribution in [3.8, 4) is 17.4 Å². The maximum Gasteiger partial charge on any atom is 0.224 e. The number of benzene rings is 1. The van der Waals surface area contributed by atoms with Crippen LogP contribution in [0.25, 0.3) is 0 Å². The Balaban J connectivity index is 1.59. The summed E-state index contributed by atoms with van der Waals surface area (Å²) in [5.41, 5.74) is 1.67. The van der Waals surface area contributed by atoms with Gasteiger partial charge in [0.2, 0.25) is 11.8 Å². The Labute approximate surface area is 144 Å². The molecular formula is C17H17ClN2O4. The standard InChI is InChI=1S/C17H17ClN2O4/c1-22-16-3-2-11(10-20-16)9-19-15(21)8-12-6-13(18)17-14(7-12)23-4-5-24-17/h2-3,6-7,10H,4-5,8-9H2,1H3,(H,19,21). The molecule has 0 aliphatic carbocycles. The van der Waals surface area contributed by atoms with Crippen molar-refractivity contribution >= 4 is 17.5 Å². The van der Waals surface area contributed by atoms with Gasteiger partial charge in [0.15, 0.2) is 11.5 Å². The molecule has 0 fully saturated rings. The van der Waals surface area contributed by atoms with Gasteiger partial charge < -0.3 is 19.5 Å². The molecule has 2 aromatic rings. The number of carbonyl (C=O) groups excluding carboxylic acids is 1. The van der Waals surface area contributed by atoms with Gasteiger partial charge in [0, 0.05) is 18.8 Å². The number of fused-ring (bicyclic) bond motifs is 1. The van der Waals surface area contributed by atoms with Crippen molar-refractivity contribution in [3.05, 3.63) is 46.6 Å². The van der Waals surface area contributed by atoms with E-state index in [2.05, 4.69) is 10.3 Å². The normalized spacial score (nSPS) is 12.6. The third-order valence-electron chi connectivity index (χ3n) is 3.52. The largest absolute Gasteiger partial charge is 0.486 e. The van der Waals surface area contributed by atoms with Gasteiger partial charge in [0.05, 0.1) is 18.6 Å². The number of nitrogens with one attached hydrogen (secondary N) is 1. The third-order valence-corrected chi connectivity index (χ3v) is 3.80. The van der Waals surface area contributed by atoms with Crippen LogP contribution in [0.15, 0.2) is 30.5 Å². The number of methoxy groups -OCH3 is 1. The van der Waals surface area contributed by atoms with Crippen molar-refractivity contribution in [2.24, 2.45) is 0 Å². The molecule has 1 aliphatic heterocycles. The van der Waals surface area contributed by atoms with Gasteiger partial charge >= 0.3 is 0 Å². The molecule has 24 heavy (non-hydrogen) atoms. The highest BCUT2D eigenvalue weighted by Crippen LogP contribution is 2.38. The smallest absolute Gasteiger partial charge is 0.224 e. The van der Waals surface area contributed by atoms with E-state index in [9.17, 15) is 4.79 Å². The molecule has 0 spiro atoms. The van der Waals surface area contributed by atoms with Crippen molar-refractivity contribution in [2.75, 3.05) is 20.3 Å². The summed E-state index contributed by atoms with van der Waals surface area (Å²) in [4.78, 5) is 16.2. The lowest BCUT2D eigenvalue weighted by atomic mass is 10.1. The van der Waals surface area contributed by atoms with Crippen LogP contribution in [0, 0.1) is 0 Å². The zero-order valence-electron chi connectivity index (χ0n) is 13.2. The van der Waals surface area contributed by atoms with Crippen LogP contribution < -0.4 is 19.5 Å². The lowest BCUT2D eigenvalue weighted by Gasteiger charge is -2.20. The van der Waals surface area contributed by atoms with E-state index in [4.69, 9.17) is 25.8 Å². The highest BCUT2D eigenvalue weighted by Gasteiger charge is 2.17. The van der Waals surface area contributed by atoms with Crippen LogP contribution in [0.2, 0.25) is 5.02 Å². The molecule has 0 saturated carbocycles. The van der Waals surface area contributed by atoms with Crippen molar-refractivity contribution in [1.82, 2.24) is 10.3 Å². The Bertz CT molecular complexity index is 734. The van der Waals surface area contributed by atoms with E-state index in [1.54, 1.807) is 31.5 Å². The number of hydrogen-bond donors (Lipinski definition) is 1. The fraction of sp³-hybridized carbons (Fsp3) is 0.294. The molecule has 1 N–H and O–H groups in total. The third kappa shape index (κ3) is 3.89. The number of hydrogen-bond acceptors (Lipinski definition) is 5. The van der Waals surface area contributed by atoms with Crippen molar-refractivity contribution in [1.29, 1.82) is 0 Å². The molecule has 0 unspecified atom stereocenters. The number of pyridine rings is 1. The Hall–Kier alpha value is -2.47. The van der Waals surface area contributed by atoms with Crippen LogP contribution in [-0.4, -0.2) is 31.2 Å². The minimum Gasteiger partial charge on any atom is -0.486 e. The molecule has 0 radical (unpaired) electrons. The maximum absolute atomic E-state index is 12.1. The van der Waals surface area contributed by atoms with Crippen LogP contribution in [0.4, 0.5) is 0 Å². The van der Waals surface area contributed by atoms with Crippen LogP contribution in [-0.2, 0) is 17.8 Å². The lowest BCUT2D eigenvalue weighted by Crippen LogP contribution is -2.24. The van der Waals surface area contributed by atoms with Gasteiger partial charge in [-0.2, -0.15) is 0 Å². The van der Waals surface area contributed by atoms with Gasteiger partial charge in [-0.1, -0.05) is 17.7 Å². The molecule has 3 rings (SSSR count). The van der Waals surface area contributed by atoms with Crippen LogP contribution in [0.5, 0.6) is 17.4 Å². The highest BCUT2D eigenvalue weighted by molar-refractivity contribution is 6.32. The zero-order valence-corrected chi connectivity index (χ0v) is 13.9. The fourth-order valence-electron chi connectivity index (χ4n) is 2.35. The Kier molecular flexibility index (Phi) is 5.05. The predicted molar refractivity (Wildman–Crippen MR) is 88.8 cm³/mol. The predicted octanol–water partition coefficient (Wildman–Crippen LogP) is 2.37. The molecule has 0 bridgehead atoms. The average molecular weight is 349 g/mol. The first-order chi connectivity index (χ1) is 11.7. The molecule has 7 heteroatoms. The quantitative estimate of drug-likeness (QED) is 0.898. The summed E-state index contributed by atoms with van der Waals surface area (Å²) < 4.78 is 16.0. The van der Waals surface area contributed by atoms with Gasteiger partial charge in [-0.3, -0.25) is 4.79 Å². The van der Waals surface area contributed by atoms with E-state index >= 15 is 0 Å². The molecule has 2 heterocycles. The zero-order chi connectivity index (χ0) is 16.9. The monoisotopic (exact) mass is 348 g/mol. The summed E-state index contributed by atoms with van der Waals surface area (Å²) in [5.74, 6) is 1.54. The van der Waals surface area contributed by atoms with Gasteiger partial charge in [-0.25, -0.2) is 4.98 Å². The number of aromatic nitrogens is 1. The summed E-state index contributed by atoms with van der Waals surface area (Å²) in [5, 5.41) is 3.30.